The third-order valence-corrected chi connectivity index (χ3v) is 5.33. The number of anilines is 1. The summed E-state index contributed by atoms with van der Waals surface area (Å²) in [7, 11) is 0. The molecule has 28 heavy (non-hydrogen) atoms. The third-order valence-electron chi connectivity index (χ3n) is 4.36. The van der Waals surface area contributed by atoms with E-state index in [0.29, 0.717) is 6.61 Å². The number of nitrogens with one attached hydrogen (secondary N) is 1. The summed E-state index contributed by atoms with van der Waals surface area (Å²) in [4.78, 5) is 14.6. The van der Waals surface area contributed by atoms with Crippen LogP contribution in [-0.2, 0) is 22.6 Å². The molecule has 2 heterocycles. The fraction of sp³-hybridized carbons (Fsp3) is 0.526. The number of hydrogen-bond acceptors (Lipinski definition) is 7. The molecule has 0 spiro atoms. The molecule has 1 saturated heterocycles. The lowest BCUT2D eigenvalue weighted by molar-refractivity contribution is -0.113. The number of thioether (sulfide) groups is 1. The Bertz CT molecular complexity index is 759. The third kappa shape index (κ3) is 5.70. The normalized spacial score (nSPS) is 14.8. The fourth-order valence-corrected chi connectivity index (χ4v) is 3.77. The predicted octanol–water partition coefficient (Wildman–Crippen LogP) is 2.26. The van der Waals surface area contributed by atoms with Crippen molar-refractivity contribution in [2.45, 2.75) is 32.1 Å². The van der Waals surface area contributed by atoms with Gasteiger partial charge in [-0.15, -0.1) is 10.2 Å². The summed E-state index contributed by atoms with van der Waals surface area (Å²) < 4.78 is 12.9. The minimum atomic E-state index is -0.0745. The lowest BCUT2D eigenvalue weighted by atomic mass is 10.3. The van der Waals surface area contributed by atoms with Crippen LogP contribution in [0, 0.1) is 0 Å². The van der Waals surface area contributed by atoms with Crippen LogP contribution < -0.4 is 10.1 Å². The number of nitrogens with zero attached hydrogens (tertiary/aromatic N) is 4. The Morgan fingerprint density at radius 3 is 2.64 bits per heavy atom. The van der Waals surface area contributed by atoms with Crippen LogP contribution in [0.2, 0.25) is 0 Å². The Labute approximate surface area is 169 Å². The van der Waals surface area contributed by atoms with Crippen molar-refractivity contribution in [3.05, 3.63) is 30.1 Å². The predicted molar refractivity (Wildman–Crippen MR) is 109 cm³/mol. The Hall–Kier alpha value is -2.10. The molecule has 2 aromatic rings. The van der Waals surface area contributed by atoms with Crippen molar-refractivity contribution in [1.29, 1.82) is 0 Å². The monoisotopic (exact) mass is 405 g/mol. The van der Waals surface area contributed by atoms with E-state index < -0.39 is 0 Å². The summed E-state index contributed by atoms with van der Waals surface area (Å²) in [6, 6.07) is 7.36. The number of hydrogen-bond donors (Lipinski definition) is 1. The van der Waals surface area contributed by atoms with Gasteiger partial charge in [0.1, 0.15) is 11.6 Å². The molecule has 0 aliphatic carbocycles. The molecule has 9 heteroatoms. The minimum absolute atomic E-state index is 0.0745. The number of benzene rings is 1. The average Bonchev–Trinajstić information content (AvgIpc) is 3.10. The molecule has 1 aliphatic rings. The molecular weight excluding hydrogens is 378 g/mol. The molecule has 0 bridgehead atoms. The van der Waals surface area contributed by atoms with E-state index in [9.17, 15) is 4.79 Å². The molecule has 0 saturated carbocycles. The lowest BCUT2D eigenvalue weighted by Crippen LogP contribution is -2.36. The van der Waals surface area contributed by atoms with E-state index in [2.05, 4.69) is 31.9 Å². The molecule has 1 aliphatic heterocycles. The van der Waals surface area contributed by atoms with E-state index in [4.69, 9.17) is 9.47 Å². The SMILES string of the molecule is CCOc1ccc(NC(=O)CSc2nnc(CN3CCOCC3)n2CC)cc1. The van der Waals surface area contributed by atoms with Gasteiger partial charge in [0, 0.05) is 25.3 Å². The smallest absolute Gasteiger partial charge is 0.234 e. The molecular formula is C19H27N5O3S. The number of carbonyl (C=O) groups is 1. The van der Waals surface area contributed by atoms with Gasteiger partial charge in [-0.3, -0.25) is 9.69 Å². The van der Waals surface area contributed by atoms with E-state index in [1.807, 2.05) is 31.2 Å². The van der Waals surface area contributed by atoms with Gasteiger partial charge in [-0.1, -0.05) is 11.8 Å². The van der Waals surface area contributed by atoms with Crippen LogP contribution in [0.3, 0.4) is 0 Å². The first-order chi connectivity index (χ1) is 13.7. The number of carbonyl (C=O) groups excluding carboxylic acids is 1. The van der Waals surface area contributed by atoms with Gasteiger partial charge in [-0.2, -0.15) is 0 Å². The highest BCUT2D eigenvalue weighted by Gasteiger charge is 2.17. The zero-order valence-electron chi connectivity index (χ0n) is 16.4. The summed E-state index contributed by atoms with van der Waals surface area (Å²) in [5.74, 6) is 1.93. The van der Waals surface area contributed by atoms with Crippen LogP contribution in [-0.4, -0.2) is 64.2 Å². The highest BCUT2D eigenvalue weighted by atomic mass is 32.2. The van der Waals surface area contributed by atoms with E-state index in [0.717, 1.165) is 61.8 Å². The minimum Gasteiger partial charge on any atom is -0.494 e. The molecule has 152 valence electrons. The van der Waals surface area contributed by atoms with E-state index >= 15 is 0 Å². The Morgan fingerprint density at radius 1 is 1.21 bits per heavy atom. The Kier molecular flexibility index (Phi) is 7.70. The van der Waals surface area contributed by atoms with Gasteiger partial charge in [0.05, 0.1) is 32.1 Å². The molecule has 3 rings (SSSR count). The average molecular weight is 406 g/mol. The van der Waals surface area contributed by atoms with Crippen LogP contribution >= 0.6 is 11.8 Å². The van der Waals surface area contributed by atoms with Crippen molar-refractivity contribution in [1.82, 2.24) is 19.7 Å². The van der Waals surface area contributed by atoms with Crippen molar-refractivity contribution < 1.29 is 14.3 Å². The number of rotatable bonds is 9. The standard InChI is InChI=1S/C19H27N5O3S/c1-3-24-17(13-23-9-11-26-12-10-23)21-22-19(24)28-14-18(25)20-15-5-7-16(8-6-15)27-4-2/h5-8H,3-4,9-14H2,1-2H3,(H,20,25). The summed E-state index contributed by atoms with van der Waals surface area (Å²) in [5, 5.41) is 12.3. The topological polar surface area (TPSA) is 81.5 Å². The van der Waals surface area contributed by atoms with Crippen LogP contribution in [0.1, 0.15) is 19.7 Å². The molecule has 1 aromatic heterocycles. The molecule has 0 unspecified atom stereocenters. The van der Waals surface area contributed by atoms with Gasteiger partial charge in [-0.25, -0.2) is 0 Å². The van der Waals surface area contributed by atoms with Gasteiger partial charge in [0.15, 0.2) is 5.16 Å². The quantitative estimate of drug-likeness (QED) is 0.641. The lowest BCUT2D eigenvalue weighted by Gasteiger charge is -2.26. The van der Waals surface area contributed by atoms with Crippen molar-refractivity contribution in [3.63, 3.8) is 0 Å². The number of aromatic nitrogens is 3. The van der Waals surface area contributed by atoms with E-state index in [1.54, 1.807) is 0 Å². The van der Waals surface area contributed by atoms with Gasteiger partial charge >= 0.3 is 0 Å². The second-order valence-corrected chi connectivity index (χ2v) is 7.27. The number of amides is 1. The maximum atomic E-state index is 12.3. The molecule has 0 atom stereocenters. The molecule has 1 amide bonds. The second kappa shape index (κ2) is 10.4. The number of ether oxygens (including phenoxy) is 2. The van der Waals surface area contributed by atoms with Crippen LogP contribution in [0.5, 0.6) is 5.75 Å². The first-order valence-electron chi connectivity index (χ1n) is 9.57. The summed E-state index contributed by atoms with van der Waals surface area (Å²) >= 11 is 1.40. The van der Waals surface area contributed by atoms with Crippen LogP contribution in [0.25, 0.3) is 0 Å². The highest BCUT2D eigenvalue weighted by molar-refractivity contribution is 7.99. The van der Waals surface area contributed by atoms with Gasteiger partial charge in [-0.05, 0) is 38.1 Å². The summed E-state index contributed by atoms with van der Waals surface area (Å²) in [6.07, 6.45) is 0. The fourth-order valence-electron chi connectivity index (χ4n) is 2.95. The van der Waals surface area contributed by atoms with Crippen molar-refractivity contribution in [3.8, 4) is 5.75 Å². The largest absolute Gasteiger partial charge is 0.494 e. The highest BCUT2D eigenvalue weighted by Crippen LogP contribution is 2.20. The Balaban J connectivity index is 1.52. The molecule has 1 N–H and O–H groups in total. The molecule has 8 nitrogen and oxygen atoms in total. The maximum Gasteiger partial charge on any atom is 0.234 e. The first-order valence-corrected chi connectivity index (χ1v) is 10.6. The zero-order chi connectivity index (χ0) is 19.8. The zero-order valence-corrected chi connectivity index (χ0v) is 17.2. The number of morpholine rings is 1. The van der Waals surface area contributed by atoms with Crippen LogP contribution in [0.15, 0.2) is 29.4 Å². The molecule has 1 aromatic carbocycles. The van der Waals surface area contributed by atoms with Crippen molar-refractivity contribution in [2.24, 2.45) is 0 Å². The molecule has 0 radical (unpaired) electrons. The van der Waals surface area contributed by atoms with Gasteiger partial charge in [0.25, 0.3) is 0 Å². The van der Waals surface area contributed by atoms with Gasteiger partial charge in [0.2, 0.25) is 5.91 Å². The van der Waals surface area contributed by atoms with Gasteiger partial charge < -0.3 is 19.4 Å². The van der Waals surface area contributed by atoms with E-state index in [1.165, 1.54) is 11.8 Å². The second-order valence-electron chi connectivity index (χ2n) is 6.33. The Morgan fingerprint density at radius 2 is 1.96 bits per heavy atom. The summed E-state index contributed by atoms with van der Waals surface area (Å²) in [5.41, 5.74) is 0.749. The van der Waals surface area contributed by atoms with Crippen LogP contribution in [0.4, 0.5) is 5.69 Å². The van der Waals surface area contributed by atoms with E-state index in [-0.39, 0.29) is 11.7 Å². The van der Waals surface area contributed by atoms with Crippen molar-refractivity contribution in [2.75, 3.05) is 44.0 Å². The summed E-state index contributed by atoms with van der Waals surface area (Å²) in [6.45, 7) is 9.48. The van der Waals surface area contributed by atoms with Crippen molar-refractivity contribution >= 4 is 23.4 Å². The molecule has 1 fully saturated rings. The maximum absolute atomic E-state index is 12.3. The first kappa shape index (κ1) is 20.6.